The molecule has 0 spiro atoms. The summed E-state index contributed by atoms with van der Waals surface area (Å²) in [6.45, 7) is 13.8. The Kier molecular flexibility index (Phi) is 49.1. The number of unbranched alkanes of at least 4 members (excludes halogenated alkanes) is 33. The van der Waals surface area contributed by atoms with Gasteiger partial charge in [0.05, 0.1) is 0 Å². The minimum absolute atomic E-state index is 0.0638. The average Bonchev–Trinajstić information content (AvgIpc) is 3.29. The van der Waals surface area contributed by atoms with E-state index in [9.17, 15) is 14.4 Å². The molecule has 0 aromatic heterocycles. The zero-order chi connectivity index (χ0) is 47.7. The van der Waals surface area contributed by atoms with E-state index < -0.39 is 6.10 Å². The van der Waals surface area contributed by atoms with Crippen molar-refractivity contribution in [3.05, 3.63) is 0 Å². The van der Waals surface area contributed by atoms with E-state index in [1.54, 1.807) is 0 Å². The molecule has 0 fully saturated rings. The number of hydrogen-bond donors (Lipinski definition) is 0. The maximum absolute atomic E-state index is 12.9. The van der Waals surface area contributed by atoms with Gasteiger partial charge in [-0.15, -0.1) is 0 Å². The number of carbonyl (C=O) groups is 3. The summed E-state index contributed by atoms with van der Waals surface area (Å²) < 4.78 is 16.9. The van der Waals surface area contributed by atoms with Gasteiger partial charge in [-0.25, -0.2) is 0 Å². The summed E-state index contributed by atoms with van der Waals surface area (Å²) >= 11 is 0. The molecule has 65 heavy (non-hydrogen) atoms. The number of carbonyl (C=O) groups excluding carboxylic acids is 3. The van der Waals surface area contributed by atoms with Crippen molar-refractivity contribution >= 4 is 17.9 Å². The highest BCUT2D eigenvalue weighted by Gasteiger charge is 2.19. The summed E-state index contributed by atoms with van der Waals surface area (Å²) in [6.07, 6.45) is 52.2. The molecule has 0 saturated heterocycles. The summed E-state index contributed by atoms with van der Waals surface area (Å²) in [5.41, 5.74) is 0. The number of esters is 3. The maximum Gasteiger partial charge on any atom is 0.306 e. The molecule has 0 heterocycles. The van der Waals surface area contributed by atoms with Crippen molar-refractivity contribution in [2.75, 3.05) is 13.2 Å². The maximum atomic E-state index is 12.9. The Labute approximate surface area is 406 Å². The summed E-state index contributed by atoms with van der Waals surface area (Å²) in [5, 5.41) is 0. The lowest BCUT2D eigenvalue weighted by atomic mass is 9.99. The van der Waals surface area contributed by atoms with Crippen molar-refractivity contribution < 1.29 is 28.6 Å². The predicted molar refractivity (Wildman–Crippen MR) is 279 cm³/mol. The minimum atomic E-state index is -0.764. The van der Waals surface area contributed by atoms with Crippen LogP contribution in [0.5, 0.6) is 0 Å². The summed E-state index contributed by atoms with van der Waals surface area (Å²) in [5.74, 6) is 1.74. The first kappa shape index (κ1) is 63.4. The number of hydrogen-bond acceptors (Lipinski definition) is 6. The Bertz CT molecular complexity index is 1010. The van der Waals surface area contributed by atoms with Crippen molar-refractivity contribution in [1.82, 2.24) is 0 Å². The Morgan fingerprint density at radius 1 is 0.308 bits per heavy atom. The van der Waals surface area contributed by atoms with Crippen LogP contribution < -0.4 is 0 Å². The largest absolute Gasteiger partial charge is 0.462 e. The molecule has 0 radical (unpaired) electrons. The molecule has 2 unspecified atom stereocenters. The van der Waals surface area contributed by atoms with Gasteiger partial charge >= 0.3 is 17.9 Å². The third-order valence-electron chi connectivity index (χ3n) is 14.1. The zero-order valence-electron chi connectivity index (χ0n) is 44.8. The normalized spacial score (nSPS) is 13.0. The fourth-order valence-electron chi connectivity index (χ4n) is 8.93. The van der Waals surface area contributed by atoms with Crippen molar-refractivity contribution in [1.29, 1.82) is 0 Å². The van der Waals surface area contributed by atoms with E-state index >= 15 is 0 Å². The van der Waals surface area contributed by atoms with E-state index in [1.807, 2.05) is 0 Å². The smallest absolute Gasteiger partial charge is 0.306 e. The van der Waals surface area contributed by atoms with Gasteiger partial charge in [-0.3, -0.25) is 14.4 Å². The van der Waals surface area contributed by atoms with Gasteiger partial charge in [0.2, 0.25) is 0 Å². The fourth-order valence-corrected chi connectivity index (χ4v) is 8.93. The topological polar surface area (TPSA) is 78.9 Å². The van der Waals surface area contributed by atoms with Gasteiger partial charge in [-0.05, 0) is 37.0 Å². The standard InChI is InChI=1S/C59H114O6/c1-7-54(5)46-40-34-28-22-18-14-10-12-16-20-24-32-38-44-50-59(62)65-56(52-64-58(61)49-43-37-31-26-25-29-35-41-47-55(6)8-2)51-63-57(60)48-42-36-30-23-19-15-11-9-13-17-21-27-33-39-45-53(3)4/h53-56H,7-52H2,1-6H3/t54?,55?,56-/m1/s1. The molecule has 0 aliphatic rings. The van der Waals surface area contributed by atoms with Gasteiger partial charge in [0.25, 0.3) is 0 Å². The molecule has 6 heteroatoms. The first-order valence-corrected chi connectivity index (χ1v) is 29.2. The molecule has 6 nitrogen and oxygen atoms in total. The molecule has 0 aliphatic heterocycles. The van der Waals surface area contributed by atoms with E-state index in [0.717, 1.165) is 75.5 Å². The zero-order valence-corrected chi connectivity index (χ0v) is 44.8. The highest BCUT2D eigenvalue weighted by Crippen LogP contribution is 2.19. The third-order valence-corrected chi connectivity index (χ3v) is 14.1. The lowest BCUT2D eigenvalue weighted by Crippen LogP contribution is -2.30. The van der Waals surface area contributed by atoms with Crippen LogP contribution in [0.25, 0.3) is 0 Å². The number of rotatable bonds is 52. The van der Waals surface area contributed by atoms with Gasteiger partial charge in [0.15, 0.2) is 6.10 Å². The van der Waals surface area contributed by atoms with Crippen LogP contribution >= 0.6 is 0 Å². The van der Waals surface area contributed by atoms with E-state index in [2.05, 4.69) is 41.5 Å². The molecule has 0 amide bonds. The molecule has 0 saturated carbocycles. The van der Waals surface area contributed by atoms with Crippen LogP contribution in [-0.4, -0.2) is 37.2 Å². The summed E-state index contributed by atoms with van der Waals surface area (Å²) in [4.78, 5) is 38.1. The van der Waals surface area contributed by atoms with Gasteiger partial charge < -0.3 is 14.2 Å². The van der Waals surface area contributed by atoms with Crippen LogP contribution in [0.3, 0.4) is 0 Å². The van der Waals surface area contributed by atoms with E-state index in [1.165, 1.54) is 205 Å². The monoisotopic (exact) mass is 919 g/mol. The van der Waals surface area contributed by atoms with Crippen LogP contribution in [0, 0.1) is 17.8 Å². The molecule has 0 aliphatic carbocycles. The van der Waals surface area contributed by atoms with Crippen LogP contribution in [0.15, 0.2) is 0 Å². The second-order valence-electron chi connectivity index (χ2n) is 21.2. The third kappa shape index (κ3) is 50.1. The van der Waals surface area contributed by atoms with Crippen LogP contribution in [0.1, 0.15) is 324 Å². The van der Waals surface area contributed by atoms with Gasteiger partial charge in [0, 0.05) is 19.3 Å². The van der Waals surface area contributed by atoms with E-state index in [4.69, 9.17) is 14.2 Å². The Balaban J connectivity index is 4.30. The molecule has 0 aromatic carbocycles. The fraction of sp³-hybridized carbons (Fsp3) is 0.949. The molecule has 3 atom stereocenters. The second kappa shape index (κ2) is 50.3. The lowest BCUT2D eigenvalue weighted by Gasteiger charge is -2.18. The number of ether oxygens (including phenoxy) is 3. The van der Waals surface area contributed by atoms with Crippen molar-refractivity contribution in [2.24, 2.45) is 17.8 Å². The molecule has 0 N–H and O–H groups in total. The Morgan fingerprint density at radius 3 is 0.800 bits per heavy atom. The predicted octanol–water partition coefficient (Wildman–Crippen LogP) is 19.1. The Hall–Kier alpha value is -1.59. The first-order valence-electron chi connectivity index (χ1n) is 29.2. The summed E-state index contributed by atoms with van der Waals surface area (Å²) in [6, 6.07) is 0. The molecular weight excluding hydrogens is 805 g/mol. The second-order valence-corrected chi connectivity index (χ2v) is 21.2. The van der Waals surface area contributed by atoms with E-state index in [0.29, 0.717) is 19.3 Å². The SMILES string of the molecule is CCC(C)CCCCCCCCCCCCCCCCC(=O)O[C@H](COC(=O)CCCCCCCCCCCCCCCCC(C)C)COC(=O)CCCCCCCCCCC(C)CC. The molecular formula is C59H114O6. The quantitative estimate of drug-likeness (QED) is 0.0344. The highest BCUT2D eigenvalue weighted by molar-refractivity contribution is 5.71. The van der Waals surface area contributed by atoms with Gasteiger partial charge in [0.1, 0.15) is 13.2 Å². The van der Waals surface area contributed by atoms with Crippen molar-refractivity contribution in [2.45, 2.75) is 330 Å². The minimum Gasteiger partial charge on any atom is -0.462 e. The van der Waals surface area contributed by atoms with Crippen LogP contribution in [0.2, 0.25) is 0 Å². The van der Waals surface area contributed by atoms with Crippen molar-refractivity contribution in [3.8, 4) is 0 Å². The average molecular weight is 920 g/mol. The van der Waals surface area contributed by atoms with Gasteiger partial charge in [-0.2, -0.15) is 0 Å². The van der Waals surface area contributed by atoms with Crippen LogP contribution in [0.4, 0.5) is 0 Å². The Morgan fingerprint density at radius 2 is 0.538 bits per heavy atom. The van der Waals surface area contributed by atoms with E-state index in [-0.39, 0.29) is 31.1 Å². The first-order chi connectivity index (χ1) is 31.7. The highest BCUT2D eigenvalue weighted by atomic mass is 16.6. The van der Waals surface area contributed by atoms with Crippen molar-refractivity contribution in [3.63, 3.8) is 0 Å². The summed E-state index contributed by atoms with van der Waals surface area (Å²) in [7, 11) is 0. The molecule has 0 aromatic rings. The van der Waals surface area contributed by atoms with Gasteiger partial charge in [-0.1, -0.05) is 286 Å². The molecule has 0 bridgehead atoms. The van der Waals surface area contributed by atoms with Crippen LogP contribution in [-0.2, 0) is 28.6 Å². The lowest BCUT2D eigenvalue weighted by molar-refractivity contribution is -0.167. The molecule has 386 valence electrons. The molecule has 0 rings (SSSR count).